The molecule has 4 nitrogen and oxygen atoms in total. The Morgan fingerprint density at radius 3 is 2.96 bits per heavy atom. The molecule has 24 heavy (non-hydrogen) atoms. The van der Waals surface area contributed by atoms with Crippen molar-refractivity contribution >= 4 is 28.8 Å². The van der Waals surface area contributed by atoms with Gasteiger partial charge in [-0.05, 0) is 48.1 Å². The van der Waals surface area contributed by atoms with Gasteiger partial charge in [0, 0.05) is 31.7 Å². The maximum Gasteiger partial charge on any atom is 0.227 e. The number of aryl methyl sites for hydroxylation is 1. The lowest BCUT2D eigenvalue weighted by atomic mass is 9.89. The van der Waals surface area contributed by atoms with Crippen molar-refractivity contribution in [2.24, 2.45) is 0 Å². The number of hydrogen-bond acceptors (Lipinski definition) is 4. The first kappa shape index (κ1) is 16.7. The van der Waals surface area contributed by atoms with Gasteiger partial charge >= 0.3 is 0 Å². The van der Waals surface area contributed by atoms with Crippen LogP contribution in [0.3, 0.4) is 0 Å². The van der Waals surface area contributed by atoms with E-state index in [4.69, 9.17) is 16.1 Å². The summed E-state index contributed by atoms with van der Waals surface area (Å²) in [7, 11) is 3.83. The van der Waals surface area contributed by atoms with Crippen LogP contribution >= 0.6 is 11.6 Å². The van der Waals surface area contributed by atoms with Crippen molar-refractivity contribution in [2.75, 3.05) is 25.5 Å². The van der Waals surface area contributed by atoms with E-state index in [-0.39, 0.29) is 0 Å². The topological polar surface area (TPSA) is 41.3 Å². The highest BCUT2D eigenvalue weighted by atomic mass is 35.5. The largest absolute Gasteiger partial charge is 0.383 e. The van der Waals surface area contributed by atoms with E-state index in [0.29, 0.717) is 5.88 Å². The monoisotopic (exact) mass is 343 g/mol. The zero-order chi connectivity index (χ0) is 17.1. The SMILES string of the molecule is C=C(NCCC1=CCCc2ccc(Cl)cc21)c1cc(N(C)C)on1. The fourth-order valence-corrected chi connectivity index (χ4v) is 3.04. The van der Waals surface area contributed by atoms with Gasteiger partial charge in [-0.1, -0.05) is 35.5 Å². The molecule has 0 bridgehead atoms. The van der Waals surface area contributed by atoms with E-state index in [2.05, 4.69) is 35.3 Å². The predicted molar refractivity (Wildman–Crippen MR) is 100 cm³/mol. The van der Waals surface area contributed by atoms with Gasteiger partial charge in [-0.15, -0.1) is 0 Å². The molecule has 0 aliphatic heterocycles. The summed E-state index contributed by atoms with van der Waals surface area (Å²) < 4.78 is 5.25. The summed E-state index contributed by atoms with van der Waals surface area (Å²) >= 11 is 6.15. The fourth-order valence-electron chi connectivity index (χ4n) is 2.87. The number of allylic oxidation sites excluding steroid dienone is 1. The molecule has 0 amide bonds. The number of nitrogens with zero attached hydrogens (tertiary/aromatic N) is 2. The van der Waals surface area contributed by atoms with Crippen LogP contribution in [0.25, 0.3) is 11.3 Å². The molecule has 0 fully saturated rings. The van der Waals surface area contributed by atoms with Crippen molar-refractivity contribution in [3.63, 3.8) is 0 Å². The molecular weight excluding hydrogens is 322 g/mol. The molecule has 0 spiro atoms. The van der Waals surface area contributed by atoms with Crippen LogP contribution in [0, 0.1) is 0 Å². The van der Waals surface area contributed by atoms with Gasteiger partial charge in [0.25, 0.3) is 0 Å². The second-order valence-corrected chi connectivity index (χ2v) is 6.61. The van der Waals surface area contributed by atoms with Crippen LogP contribution in [0.4, 0.5) is 5.88 Å². The van der Waals surface area contributed by atoms with E-state index in [1.165, 1.54) is 16.7 Å². The number of rotatable bonds is 6. The van der Waals surface area contributed by atoms with E-state index < -0.39 is 0 Å². The number of nitrogens with one attached hydrogen (secondary N) is 1. The minimum absolute atomic E-state index is 0.714. The third-order valence-corrected chi connectivity index (χ3v) is 4.44. The van der Waals surface area contributed by atoms with Gasteiger partial charge in [0.05, 0.1) is 5.70 Å². The minimum Gasteiger partial charge on any atom is -0.383 e. The highest BCUT2D eigenvalue weighted by Crippen LogP contribution is 2.30. The van der Waals surface area contributed by atoms with Crippen LogP contribution < -0.4 is 10.2 Å². The van der Waals surface area contributed by atoms with Crippen molar-refractivity contribution in [1.82, 2.24) is 10.5 Å². The van der Waals surface area contributed by atoms with Crippen LogP contribution in [0.2, 0.25) is 5.02 Å². The Morgan fingerprint density at radius 2 is 2.21 bits per heavy atom. The molecule has 1 aliphatic carbocycles. The maximum absolute atomic E-state index is 6.15. The summed E-state index contributed by atoms with van der Waals surface area (Å²) in [5.41, 5.74) is 5.50. The first-order valence-electron chi connectivity index (χ1n) is 8.09. The summed E-state index contributed by atoms with van der Waals surface area (Å²) in [4.78, 5) is 1.87. The summed E-state index contributed by atoms with van der Waals surface area (Å²) in [5.74, 6) is 0.714. The van der Waals surface area contributed by atoms with Crippen molar-refractivity contribution in [3.8, 4) is 0 Å². The smallest absolute Gasteiger partial charge is 0.227 e. The molecule has 1 aliphatic rings. The molecule has 0 saturated carbocycles. The molecule has 0 saturated heterocycles. The predicted octanol–water partition coefficient (Wildman–Crippen LogP) is 4.37. The fraction of sp³-hybridized carbons (Fsp3) is 0.316. The maximum atomic E-state index is 6.15. The Kier molecular flexibility index (Phi) is 4.95. The summed E-state index contributed by atoms with van der Waals surface area (Å²) in [6.07, 6.45) is 5.40. The van der Waals surface area contributed by atoms with E-state index in [1.807, 2.05) is 31.1 Å². The van der Waals surface area contributed by atoms with E-state index in [0.717, 1.165) is 42.2 Å². The Bertz CT molecular complexity index is 777. The molecule has 2 aromatic rings. The lowest BCUT2D eigenvalue weighted by Gasteiger charge is -2.18. The number of benzene rings is 1. The zero-order valence-corrected chi connectivity index (χ0v) is 14.9. The van der Waals surface area contributed by atoms with Gasteiger partial charge in [-0.3, -0.25) is 0 Å². The zero-order valence-electron chi connectivity index (χ0n) is 14.1. The van der Waals surface area contributed by atoms with Crippen molar-refractivity contribution in [2.45, 2.75) is 19.3 Å². The highest BCUT2D eigenvalue weighted by Gasteiger charge is 2.13. The molecule has 3 rings (SSSR count). The number of aromatic nitrogens is 1. The quantitative estimate of drug-likeness (QED) is 0.845. The van der Waals surface area contributed by atoms with Crippen LogP contribution in [-0.4, -0.2) is 25.8 Å². The molecule has 1 aromatic carbocycles. The van der Waals surface area contributed by atoms with Gasteiger partial charge in [0.15, 0.2) is 0 Å². The van der Waals surface area contributed by atoms with Gasteiger partial charge in [0.1, 0.15) is 5.69 Å². The van der Waals surface area contributed by atoms with Gasteiger partial charge in [0.2, 0.25) is 5.88 Å². The molecule has 0 atom stereocenters. The Balaban J connectivity index is 1.59. The number of fused-ring (bicyclic) bond motifs is 1. The molecule has 1 aromatic heterocycles. The molecule has 0 radical (unpaired) electrons. The van der Waals surface area contributed by atoms with Gasteiger partial charge in [-0.25, -0.2) is 0 Å². The first-order chi connectivity index (χ1) is 11.5. The molecule has 1 N–H and O–H groups in total. The van der Waals surface area contributed by atoms with Crippen LogP contribution in [0.1, 0.15) is 29.7 Å². The number of anilines is 1. The molecule has 1 heterocycles. The summed E-state index contributed by atoms with van der Waals surface area (Å²) in [6.45, 7) is 4.84. The third kappa shape index (κ3) is 3.65. The standard InChI is InChI=1S/C19H22ClN3O/c1-13(18-12-19(23(2)3)24-22-18)21-10-9-15-6-4-5-14-7-8-16(20)11-17(14)15/h6-8,11-12,21H,1,4-5,9-10H2,2-3H3. The normalized spacial score (nSPS) is 13.2. The number of halogens is 1. The highest BCUT2D eigenvalue weighted by molar-refractivity contribution is 6.30. The summed E-state index contributed by atoms with van der Waals surface area (Å²) in [5, 5.41) is 8.16. The third-order valence-electron chi connectivity index (χ3n) is 4.20. The lowest BCUT2D eigenvalue weighted by Crippen LogP contribution is -2.14. The van der Waals surface area contributed by atoms with Gasteiger partial charge < -0.3 is 14.7 Å². The average Bonchev–Trinajstić information content (AvgIpc) is 3.05. The molecular formula is C19H22ClN3O. The second kappa shape index (κ2) is 7.14. The molecule has 0 unspecified atom stereocenters. The lowest BCUT2D eigenvalue weighted by molar-refractivity contribution is 0.421. The molecule has 5 heteroatoms. The van der Waals surface area contributed by atoms with Crippen LogP contribution in [0.15, 0.2) is 41.4 Å². The van der Waals surface area contributed by atoms with Crippen LogP contribution in [-0.2, 0) is 6.42 Å². The van der Waals surface area contributed by atoms with E-state index in [1.54, 1.807) is 0 Å². The first-order valence-corrected chi connectivity index (χ1v) is 8.47. The van der Waals surface area contributed by atoms with Gasteiger partial charge in [-0.2, -0.15) is 0 Å². The van der Waals surface area contributed by atoms with E-state index >= 15 is 0 Å². The Labute approximate surface area is 147 Å². The van der Waals surface area contributed by atoms with Crippen molar-refractivity contribution in [1.29, 1.82) is 0 Å². The summed E-state index contributed by atoms with van der Waals surface area (Å²) in [6, 6.07) is 8.05. The van der Waals surface area contributed by atoms with Crippen LogP contribution in [0.5, 0.6) is 0 Å². The van der Waals surface area contributed by atoms with E-state index in [9.17, 15) is 0 Å². The average molecular weight is 344 g/mol. The molecule has 126 valence electrons. The number of hydrogen-bond donors (Lipinski definition) is 1. The Morgan fingerprint density at radius 1 is 1.38 bits per heavy atom. The Hall–Kier alpha value is -2.20. The van der Waals surface area contributed by atoms with Crippen molar-refractivity contribution < 1.29 is 4.52 Å². The minimum atomic E-state index is 0.714. The second-order valence-electron chi connectivity index (χ2n) is 6.17. The van der Waals surface area contributed by atoms with Crippen molar-refractivity contribution in [3.05, 3.63) is 58.8 Å².